The van der Waals surface area contributed by atoms with Gasteiger partial charge in [-0.05, 0) is 25.0 Å². The minimum Gasteiger partial charge on any atom is -0.496 e. The fraction of sp³-hybridized carbons (Fsp3) is 0.538. The summed E-state index contributed by atoms with van der Waals surface area (Å²) in [7, 11) is 3.34. The molecule has 0 bridgehead atoms. The van der Waals surface area contributed by atoms with E-state index in [-0.39, 0.29) is 6.04 Å². The van der Waals surface area contributed by atoms with Crippen molar-refractivity contribution < 1.29 is 9.47 Å². The van der Waals surface area contributed by atoms with Crippen LogP contribution in [-0.2, 0) is 0 Å². The molecule has 0 spiro atoms. The Bertz CT molecular complexity index is 324. The summed E-state index contributed by atoms with van der Waals surface area (Å²) >= 11 is 0. The first-order chi connectivity index (χ1) is 7.52. The third-order valence-corrected chi connectivity index (χ3v) is 2.68. The number of benzene rings is 1. The highest BCUT2D eigenvalue weighted by Gasteiger charge is 2.19. The van der Waals surface area contributed by atoms with E-state index in [1.54, 1.807) is 14.2 Å². The molecule has 2 N–H and O–H groups in total. The predicted octanol–water partition coefficient (Wildman–Crippen LogP) is 2.85. The van der Waals surface area contributed by atoms with E-state index in [1.807, 2.05) is 19.1 Å². The van der Waals surface area contributed by atoms with Gasteiger partial charge in [0.25, 0.3) is 0 Å². The van der Waals surface area contributed by atoms with Gasteiger partial charge in [0, 0.05) is 17.2 Å². The number of hydrogen-bond donors (Lipinski definition) is 1. The largest absolute Gasteiger partial charge is 0.496 e. The second kappa shape index (κ2) is 5.21. The molecular formula is C13H21NO2. The number of nitrogens with two attached hydrogens (primary N) is 1. The maximum Gasteiger partial charge on any atom is 0.124 e. The van der Waals surface area contributed by atoms with Crippen LogP contribution in [0.25, 0.3) is 0 Å². The average molecular weight is 223 g/mol. The molecule has 1 aromatic rings. The molecule has 0 saturated heterocycles. The van der Waals surface area contributed by atoms with Crippen LogP contribution in [0.15, 0.2) is 12.1 Å². The van der Waals surface area contributed by atoms with Gasteiger partial charge in [-0.2, -0.15) is 0 Å². The molecule has 1 atom stereocenters. The zero-order chi connectivity index (χ0) is 12.3. The molecule has 0 saturated carbocycles. The first kappa shape index (κ1) is 12.8. The Morgan fingerprint density at radius 3 is 1.69 bits per heavy atom. The van der Waals surface area contributed by atoms with Gasteiger partial charge in [-0.25, -0.2) is 0 Å². The van der Waals surface area contributed by atoms with Crippen molar-refractivity contribution in [3.63, 3.8) is 0 Å². The van der Waals surface area contributed by atoms with Crippen molar-refractivity contribution in [2.24, 2.45) is 5.73 Å². The molecule has 0 radical (unpaired) electrons. The molecule has 0 amide bonds. The number of ether oxygens (including phenoxy) is 2. The fourth-order valence-corrected chi connectivity index (χ4v) is 2.02. The zero-order valence-corrected chi connectivity index (χ0v) is 10.7. The Balaban J connectivity index is 3.47. The molecule has 0 heterocycles. The van der Waals surface area contributed by atoms with E-state index in [4.69, 9.17) is 15.2 Å². The summed E-state index contributed by atoms with van der Waals surface area (Å²) < 4.78 is 10.7. The maximum atomic E-state index is 6.02. The van der Waals surface area contributed by atoms with Crippen LogP contribution >= 0.6 is 0 Å². The van der Waals surface area contributed by atoms with Crippen molar-refractivity contribution in [1.29, 1.82) is 0 Å². The molecule has 1 rings (SSSR count). The van der Waals surface area contributed by atoms with Crippen LogP contribution in [0.1, 0.15) is 43.9 Å². The summed E-state index contributed by atoms with van der Waals surface area (Å²) in [5, 5.41) is 0. The number of methoxy groups -OCH3 is 2. The van der Waals surface area contributed by atoms with Crippen LogP contribution in [-0.4, -0.2) is 14.2 Å². The number of rotatable bonds is 4. The first-order valence-electron chi connectivity index (χ1n) is 5.53. The van der Waals surface area contributed by atoms with Crippen LogP contribution in [0.2, 0.25) is 0 Å². The summed E-state index contributed by atoms with van der Waals surface area (Å²) in [6, 6.07) is 3.77. The fourth-order valence-electron chi connectivity index (χ4n) is 2.02. The summed E-state index contributed by atoms with van der Waals surface area (Å²) in [6.07, 6.45) is 0. The maximum absolute atomic E-state index is 6.02. The lowest BCUT2D eigenvalue weighted by Crippen LogP contribution is -2.12. The summed E-state index contributed by atoms with van der Waals surface area (Å²) in [6.45, 7) is 6.22. The SMILES string of the molecule is COc1ccc(OC)c(C(C)N)c1C(C)C. The van der Waals surface area contributed by atoms with Gasteiger partial charge in [0.05, 0.1) is 14.2 Å². The molecule has 3 nitrogen and oxygen atoms in total. The van der Waals surface area contributed by atoms with Crippen molar-refractivity contribution >= 4 is 0 Å². The van der Waals surface area contributed by atoms with Gasteiger partial charge in [0.2, 0.25) is 0 Å². The topological polar surface area (TPSA) is 44.5 Å². The third-order valence-electron chi connectivity index (χ3n) is 2.68. The average Bonchev–Trinajstić information content (AvgIpc) is 2.26. The van der Waals surface area contributed by atoms with Crippen LogP contribution < -0.4 is 15.2 Å². The molecule has 90 valence electrons. The third kappa shape index (κ3) is 2.30. The molecule has 0 fully saturated rings. The molecule has 16 heavy (non-hydrogen) atoms. The lowest BCUT2D eigenvalue weighted by atomic mass is 9.92. The molecular weight excluding hydrogens is 202 g/mol. The van der Waals surface area contributed by atoms with E-state index in [9.17, 15) is 0 Å². The Hall–Kier alpha value is -1.22. The minimum atomic E-state index is -0.0672. The minimum absolute atomic E-state index is 0.0672. The van der Waals surface area contributed by atoms with Crippen LogP contribution in [0.5, 0.6) is 11.5 Å². The van der Waals surface area contributed by atoms with Crippen LogP contribution in [0.3, 0.4) is 0 Å². The summed E-state index contributed by atoms with van der Waals surface area (Å²) in [5.74, 6) is 2.06. The van der Waals surface area contributed by atoms with E-state index < -0.39 is 0 Å². The van der Waals surface area contributed by atoms with Gasteiger partial charge in [-0.3, -0.25) is 0 Å². The van der Waals surface area contributed by atoms with E-state index in [2.05, 4.69) is 13.8 Å². The lowest BCUT2D eigenvalue weighted by molar-refractivity contribution is 0.389. The van der Waals surface area contributed by atoms with E-state index >= 15 is 0 Å². The Morgan fingerprint density at radius 2 is 1.38 bits per heavy atom. The second-order valence-electron chi connectivity index (χ2n) is 4.24. The number of hydrogen-bond acceptors (Lipinski definition) is 3. The van der Waals surface area contributed by atoms with Gasteiger partial charge >= 0.3 is 0 Å². The quantitative estimate of drug-likeness (QED) is 0.853. The second-order valence-corrected chi connectivity index (χ2v) is 4.24. The highest BCUT2D eigenvalue weighted by molar-refractivity contribution is 5.51. The molecule has 1 unspecified atom stereocenters. The van der Waals surface area contributed by atoms with Gasteiger partial charge in [0.1, 0.15) is 11.5 Å². The van der Waals surface area contributed by atoms with E-state index in [0.29, 0.717) is 5.92 Å². The molecule has 0 aliphatic heterocycles. The predicted molar refractivity (Wildman–Crippen MR) is 66.2 cm³/mol. The highest BCUT2D eigenvalue weighted by atomic mass is 16.5. The molecule has 3 heteroatoms. The van der Waals surface area contributed by atoms with Crippen LogP contribution in [0, 0.1) is 0 Å². The van der Waals surface area contributed by atoms with Crippen molar-refractivity contribution in [2.45, 2.75) is 32.7 Å². The van der Waals surface area contributed by atoms with Crippen molar-refractivity contribution in [2.75, 3.05) is 14.2 Å². The van der Waals surface area contributed by atoms with E-state index in [1.165, 1.54) is 0 Å². The highest BCUT2D eigenvalue weighted by Crippen LogP contribution is 2.38. The molecule has 1 aromatic carbocycles. The van der Waals surface area contributed by atoms with Gasteiger partial charge in [-0.1, -0.05) is 13.8 Å². The van der Waals surface area contributed by atoms with Crippen molar-refractivity contribution in [3.05, 3.63) is 23.3 Å². The van der Waals surface area contributed by atoms with E-state index in [0.717, 1.165) is 22.6 Å². The summed E-state index contributed by atoms with van der Waals surface area (Å²) in [4.78, 5) is 0. The van der Waals surface area contributed by atoms with Gasteiger partial charge in [-0.15, -0.1) is 0 Å². The zero-order valence-electron chi connectivity index (χ0n) is 10.7. The Morgan fingerprint density at radius 1 is 0.938 bits per heavy atom. The van der Waals surface area contributed by atoms with Gasteiger partial charge < -0.3 is 15.2 Å². The Labute approximate surface area is 97.6 Å². The Kier molecular flexibility index (Phi) is 4.19. The van der Waals surface area contributed by atoms with Gasteiger partial charge in [0.15, 0.2) is 0 Å². The smallest absolute Gasteiger partial charge is 0.124 e. The lowest BCUT2D eigenvalue weighted by Gasteiger charge is -2.21. The van der Waals surface area contributed by atoms with Crippen molar-refractivity contribution in [1.82, 2.24) is 0 Å². The monoisotopic (exact) mass is 223 g/mol. The first-order valence-corrected chi connectivity index (χ1v) is 5.53. The summed E-state index contributed by atoms with van der Waals surface area (Å²) in [5.41, 5.74) is 8.19. The van der Waals surface area contributed by atoms with Crippen LogP contribution in [0.4, 0.5) is 0 Å². The standard InChI is InChI=1S/C13H21NO2/c1-8(2)12-10(15-4)6-7-11(16-5)13(12)9(3)14/h6-9H,14H2,1-5H3. The normalized spacial score (nSPS) is 12.7. The molecule has 0 aromatic heterocycles. The van der Waals surface area contributed by atoms with Crippen molar-refractivity contribution in [3.8, 4) is 11.5 Å². The molecule has 0 aliphatic carbocycles. The molecule has 0 aliphatic rings.